The second-order valence-electron chi connectivity index (χ2n) is 17.0. The van der Waals surface area contributed by atoms with E-state index in [1.165, 1.54) is 71.2 Å². The molecule has 0 radical (unpaired) electrons. The maximum absolute atomic E-state index is 5.55. The van der Waals surface area contributed by atoms with Crippen LogP contribution in [-0.2, 0) is 5.41 Å². The number of rotatable bonds is 4. The Morgan fingerprint density at radius 1 is 0.377 bits per heavy atom. The molecule has 4 heteroatoms. The molecule has 0 fully saturated rings. The van der Waals surface area contributed by atoms with E-state index in [1.807, 2.05) is 0 Å². The van der Waals surface area contributed by atoms with Crippen molar-refractivity contribution in [3.8, 4) is 45.1 Å². The molecule has 1 aliphatic rings. The van der Waals surface area contributed by atoms with Crippen LogP contribution in [0.5, 0.6) is 0 Å². The zero-order chi connectivity index (χ0) is 40.4. The first-order valence-corrected chi connectivity index (χ1v) is 21.1. The van der Waals surface area contributed by atoms with Crippen molar-refractivity contribution >= 4 is 65.3 Å². The lowest BCUT2D eigenvalue weighted by Crippen LogP contribution is -2.15. The van der Waals surface area contributed by atoms with Gasteiger partial charge >= 0.3 is 0 Å². The molecule has 0 saturated heterocycles. The summed E-state index contributed by atoms with van der Waals surface area (Å²) in [7, 11) is 0. The Bertz CT molecular complexity index is 3790. The number of aromatic nitrogens is 4. The highest BCUT2D eigenvalue weighted by Crippen LogP contribution is 2.50. The predicted molar refractivity (Wildman–Crippen MR) is 254 cm³/mol. The monoisotopic (exact) mass is 778 g/mol. The normalized spacial score (nSPS) is 13.2. The fraction of sp³-hybridized carbons (Fsp3) is 0.0526. The van der Waals surface area contributed by atoms with Gasteiger partial charge < -0.3 is 4.57 Å². The van der Waals surface area contributed by atoms with Crippen LogP contribution in [-0.4, -0.2) is 19.1 Å². The molecular weight excluding hydrogens is 741 g/mol. The van der Waals surface area contributed by atoms with E-state index in [0.717, 1.165) is 44.4 Å². The molecule has 0 saturated carbocycles. The second-order valence-corrected chi connectivity index (χ2v) is 17.0. The maximum Gasteiger partial charge on any atom is 0.235 e. The summed E-state index contributed by atoms with van der Waals surface area (Å²) in [6, 6.07) is 70.5. The largest absolute Gasteiger partial charge is 0.309 e. The van der Waals surface area contributed by atoms with Gasteiger partial charge in [-0.05, 0) is 92.7 Å². The van der Waals surface area contributed by atoms with Crippen molar-refractivity contribution in [2.24, 2.45) is 0 Å². The van der Waals surface area contributed by atoms with Crippen molar-refractivity contribution < 1.29 is 0 Å². The Hall–Kier alpha value is -7.82. The van der Waals surface area contributed by atoms with E-state index in [4.69, 9.17) is 9.97 Å². The molecule has 0 unspecified atom stereocenters. The average molecular weight is 779 g/mol. The lowest BCUT2D eigenvalue weighted by atomic mass is 9.82. The van der Waals surface area contributed by atoms with Crippen molar-refractivity contribution in [3.05, 3.63) is 205 Å². The molecule has 3 aromatic heterocycles. The van der Waals surface area contributed by atoms with Crippen molar-refractivity contribution in [2.75, 3.05) is 0 Å². The Balaban J connectivity index is 1.07. The first-order chi connectivity index (χ1) is 30.0. The van der Waals surface area contributed by atoms with E-state index in [2.05, 4.69) is 217 Å². The third kappa shape index (κ3) is 4.82. The fourth-order valence-corrected chi connectivity index (χ4v) is 10.5. The third-order valence-corrected chi connectivity index (χ3v) is 13.3. The SMILES string of the molecule is CC1(C)c2ccccc2-c2ccc(-c3nc(-n4c5ccccc5c5ccc(-c6cc7c(c8ccccc68)c6ccccc6n7-c6ccccc6)cc54)nc4ccccc34)cc21. The van der Waals surface area contributed by atoms with Gasteiger partial charge in [0.05, 0.1) is 33.3 Å². The zero-order valence-corrected chi connectivity index (χ0v) is 33.8. The van der Waals surface area contributed by atoms with Gasteiger partial charge in [0.15, 0.2) is 0 Å². The Morgan fingerprint density at radius 3 is 1.84 bits per heavy atom. The number of hydrogen-bond acceptors (Lipinski definition) is 2. The summed E-state index contributed by atoms with van der Waals surface area (Å²) < 4.78 is 4.69. The van der Waals surface area contributed by atoms with Crippen LogP contribution in [0.15, 0.2) is 194 Å². The quantitative estimate of drug-likeness (QED) is 0.178. The Labute approximate surface area is 352 Å². The van der Waals surface area contributed by atoms with E-state index in [-0.39, 0.29) is 5.41 Å². The third-order valence-electron chi connectivity index (χ3n) is 13.3. The van der Waals surface area contributed by atoms with Crippen molar-refractivity contribution in [3.63, 3.8) is 0 Å². The van der Waals surface area contributed by atoms with Crippen LogP contribution in [0.3, 0.4) is 0 Å². The lowest BCUT2D eigenvalue weighted by Gasteiger charge is -2.22. The van der Waals surface area contributed by atoms with Crippen LogP contribution >= 0.6 is 0 Å². The molecule has 0 aliphatic heterocycles. The molecule has 0 N–H and O–H groups in total. The highest BCUT2D eigenvalue weighted by molar-refractivity contribution is 6.24. The minimum Gasteiger partial charge on any atom is -0.309 e. The van der Waals surface area contributed by atoms with Gasteiger partial charge in [-0.25, -0.2) is 9.97 Å². The van der Waals surface area contributed by atoms with E-state index >= 15 is 0 Å². The Kier molecular flexibility index (Phi) is 7.04. The van der Waals surface area contributed by atoms with Crippen LogP contribution in [0.2, 0.25) is 0 Å². The minimum absolute atomic E-state index is 0.126. The molecule has 286 valence electrons. The highest BCUT2D eigenvalue weighted by Gasteiger charge is 2.35. The fourth-order valence-electron chi connectivity index (χ4n) is 10.5. The van der Waals surface area contributed by atoms with Crippen molar-refractivity contribution in [1.82, 2.24) is 19.1 Å². The van der Waals surface area contributed by atoms with E-state index in [0.29, 0.717) is 5.95 Å². The first kappa shape index (κ1) is 34.1. The number of nitrogens with zero attached hydrogens (tertiary/aromatic N) is 4. The van der Waals surface area contributed by atoms with Crippen molar-refractivity contribution in [1.29, 1.82) is 0 Å². The number of benzene rings is 9. The van der Waals surface area contributed by atoms with Gasteiger partial charge in [0.1, 0.15) is 0 Å². The molecule has 61 heavy (non-hydrogen) atoms. The average Bonchev–Trinajstić information content (AvgIpc) is 3.91. The van der Waals surface area contributed by atoms with E-state index in [9.17, 15) is 0 Å². The van der Waals surface area contributed by atoms with Crippen LogP contribution in [0.25, 0.3) is 110 Å². The van der Waals surface area contributed by atoms with Gasteiger partial charge in [-0.15, -0.1) is 0 Å². The number of fused-ring (bicyclic) bond motifs is 12. The van der Waals surface area contributed by atoms with Gasteiger partial charge in [-0.3, -0.25) is 4.57 Å². The summed E-state index contributed by atoms with van der Waals surface area (Å²) in [5.41, 5.74) is 16.1. The van der Waals surface area contributed by atoms with Gasteiger partial charge in [-0.2, -0.15) is 0 Å². The smallest absolute Gasteiger partial charge is 0.235 e. The molecule has 0 spiro atoms. The molecule has 12 aromatic rings. The van der Waals surface area contributed by atoms with Gasteiger partial charge in [0, 0.05) is 43.6 Å². The molecule has 0 amide bonds. The summed E-state index contributed by atoms with van der Waals surface area (Å²) in [6.45, 7) is 4.67. The molecule has 9 aromatic carbocycles. The molecule has 0 bridgehead atoms. The minimum atomic E-state index is -0.126. The number of hydrogen-bond donors (Lipinski definition) is 0. The summed E-state index contributed by atoms with van der Waals surface area (Å²) >= 11 is 0. The second kappa shape index (κ2) is 12.6. The maximum atomic E-state index is 5.55. The molecule has 0 atom stereocenters. The summed E-state index contributed by atoms with van der Waals surface area (Å²) in [4.78, 5) is 10.9. The van der Waals surface area contributed by atoms with Crippen LogP contribution in [0, 0.1) is 0 Å². The first-order valence-electron chi connectivity index (χ1n) is 21.1. The topological polar surface area (TPSA) is 35.6 Å². The summed E-state index contributed by atoms with van der Waals surface area (Å²) in [5, 5.41) is 8.35. The van der Waals surface area contributed by atoms with Gasteiger partial charge in [-0.1, -0.05) is 159 Å². The molecule has 13 rings (SSSR count). The molecule has 4 nitrogen and oxygen atoms in total. The summed E-state index contributed by atoms with van der Waals surface area (Å²) in [6.07, 6.45) is 0. The van der Waals surface area contributed by atoms with E-state index in [1.54, 1.807) is 0 Å². The molecule has 1 aliphatic carbocycles. The van der Waals surface area contributed by atoms with Crippen LogP contribution in [0.4, 0.5) is 0 Å². The molecular formula is C57H38N4. The Morgan fingerprint density at radius 2 is 1.00 bits per heavy atom. The van der Waals surface area contributed by atoms with E-state index < -0.39 is 0 Å². The lowest BCUT2D eigenvalue weighted by molar-refractivity contribution is 0.660. The highest BCUT2D eigenvalue weighted by atomic mass is 15.2. The van der Waals surface area contributed by atoms with Crippen LogP contribution < -0.4 is 0 Å². The zero-order valence-electron chi connectivity index (χ0n) is 33.8. The van der Waals surface area contributed by atoms with Crippen LogP contribution in [0.1, 0.15) is 25.0 Å². The summed E-state index contributed by atoms with van der Waals surface area (Å²) in [5.74, 6) is 0.657. The predicted octanol–water partition coefficient (Wildman–Crippen LogP) is 14.6. The van der Waals surface area contributed by atoms with Gasteiger partial charge in [0.2, 0.25) is 5.95 Å². The number of para-hydroxylation sites is 4. The standard InChI is InChI=1S/C57H38N4/c1-57(2)47-24-12-8-19-39(47)40-30-29-36(32-48(40)57)55-44-22-9-13-25-49(44)58-56(59-55)61-50-26-14-10-20-41(50)42-31-28-35(33-52(42)61)46-34-53-54(43-21-7-6-18-38(43)46)45-23-11-15-27-51(45)60(53)37-16-4-3-5-17-37/h3-34H,1-2H3. The van der Waals surface area contributed by atoms with Gasteiger partial charge in [0.25, 0.3) is 0 Å². The van der Waals surface area contributed by atoms with Crippen molar-refractivity contribution in [2.45, 2.75) is 19.3 Å². The molecule has 3 heterocycles.